The van der Waals surface area contributed by atoms with Gasteiger partial charge in [-0.1, -0.05) is 11.6 Å². The minimum atomic E-state index is -0.553. The quantitative estimate of drug-likeness (QED) is 0.746. The van der Waals surface area contributed by atoms with E-state index >= 15 is 0 Å². The van der Waals surface area contributed by atoms with Crippen LogP contribution in [-0.4, -0.2) is 35.7 Å². The Morgan fingerprint density at radius 2 is 2.00 bits per heavy atom. The van der Waals surface area contributed by atoms with E-state index in [0.29, 0.717) is 16.3 Å². The number of hydrogen-bond acceptors (Lipinski definition) is 4. The van der Waals surface area contributed by atoms with Crippen molar-refractivity contribution < 1.29 is 9.59 Å². The highest BCUT2D eigenvalue weighted by Crippen LogP contribution is 2.22. The summed E-state index contributed by atoms with van der Waals surface area (Å²) in [6.07, 6.45) is 3.39. The number of halogens is 2. The standard InChI is InChI=1S/C15H18ClN5O2.ClH/c1-17-13(9-7-19-21(3)8-9)15(23)20-10-4-5-12(16)11(6-10)14(22)18-2;/h4-8,13,17H,1-3H3,(H,18,22)(H,20,23);1H. The van der Waals surface area contributed by atoms with Crippen molar-refractivity contribution in [3.63, 3.8) is 0 Å². The van der Waals surface area contributed by atoms with E-state index in [2.05, 4.69) is 21.0 Å². The first-order valence-electron chi connectivity index (χ1n) is 6.94. The molecule has 1 aromatic carbocycles. The molecule has 1 aromatic heterocycles. The number of carbonyl (C=O) groups excluding carboxylic acids is 2. The largest absolute Gasteiger partial charge is 0.355 e. The van der Waals surface area contributed by atoms with Crippen LogP contribution in [0.25, 0.3) is 0 Å². The number of amides is 2. The molecule has 1 atom stereocenters. The monoisotopic (exact) mass is 371 g/mol. The zero-order valence-electron chi connectivity index (χ0n) is 13.5. The summed E-state index contributed by atoms with van der Waals surface area (Å²) >= 11 is 6.00. The van der Waals surface area contributed by atoms with Gasteiger partial charge in [0.25, 0.3) is 5.91 Å². The molecule has 0 aliphatic carbocycles. The molecule has 0 aliphatic rings. The predicted molar refractivity (Wildman–Crippen MR) is 95.7 cm³/mol. The predicted octanol–water partition coefficient (Wildman–Crippen LogP) is 1.75. The van der Waals surface area contributed by atoms with Crippen molar-refractivity contribution in [2.75, 3.05) is 19.4 Å². The Morgan fingerprint density at radius 1 is 1.29 bits per heavy atom. The summed E-state index contributed by atoms with van der Waals surface area (Å²) in [5.74, 6) is -0.575. The number of nitrogens with zero attached hydrogens (tertiary/aromatic N) is 2. The number of hydrogen-bond donors (Lipinski definition) is 3. The number of rotatable bonds is 5. The number of nitrogens with one attached hydrogen (secondary N) is 3. The average Bonchev–Trinajstić information content (AvgIpc) is 2.95. The number of anilines is 1. The van der Waals surface area contributed by atoms with Crippen molar-refractivity contribution in [1.29, 1.82) is 0 Å². The molecule has 130 valence electrons. The van der Waals surface area contributed by atoms with Gasteiger partial charge in [0.15, 0.2) is 0 Å². The van der Waals surface area contributed by atoms with Crippen LogP contribution in [0.4, 0.5) is 5.69 Å². The lowest BCUT2D eigenvalue weighted by Crippen LogP contribution is -2.30. The molecule has 0 fully saturated rings. The van der Waals surface area contributed by atoms with Gasteiger partial charge in [-0.15, -0.1) is 12.4 Å². The third kappa shape index (κ3) is 4.47. The summed E-state index contributed by atoms with van der Waals surface area (Å²) in [4.78, 5) is 24.2. The molecule has 0 saturated heterocycles. The first-order chi connectivity index (χ1) is 11.0. The van der Waals surface area contributed by atoms with E-state index in [1.807, 2.05) is 0 Å². The van der Waals surface area contributed by atoms with Crippen LogP contribution < -0.4 is 16.0 Å². The van der Waals surface area contributed by atoms with E-state index in [1.165, 1.54) is 13.1 Å². The van der Waals surface area contributed by atoms with Crippen molar-refractivity contribution in [3.05, 3.63) is 46.7 Å². The van der Waals surface area contributed by atoms with Gasteiger partial charge in [0.1, 0.15) is 6.04 Å². The van der Waals surface area contributed by atoms with E-state index < -0.39 is 6.04 Å². The first kappa shape index (κ1) is 20.0. The van der Waals surface area contributed by atoms with Gasteiger partial charge in [-0.25, -0.2) is 0 Å². The van der Waals surface area contributed by atoms with Gasteiger partial charge in [0.05, 0.1) is 16.8 Å². The second-order valence-electron chi connectivity index (χ2n) is 4.93. The van der Waals surface area contributed by atoms with E-state index in [9.17, 15) is 9.59 Å². The fourth-order valence-corrected chi connectivity index (χ4v) is 2.37. The smallest absolute Gasteiger partial charge is 0.252 e. The summed E-state index contributed by atoms with van der Waals surface area (Å²) in [5.41, 5.74) is 1.53. The zero-order chi connectivity index (χ0) is 17.0. The second kappa shape index (κ2) is 8.68. The average molecular weight is 372 g/mol. The normalized spacial score (nSPS) is 11.3. The lowest BCUT2D eigenvalue weighted by atomic mass is 10.1. The van der Waals surface area contributed by atoms with Crippen molar-refractivity contribution in [2.45, 2.75) is 6.04 Å². The van der Waals surface area contributed by atoms with Gasteiger partial charge in [0, 0.05) is 31.5 Å². The molecule has 2 amide bonds. The van der Waals surface area contributed by atoms with Crippen LogP contribution in [0.3, 0.4) is 0 Å². The molecule has 7 nitrogen and oxygen atoms in total. The molecular formula is C15H19Cl2N5O2. The lowest BCUT2D eigenvalue weighted by Gasteiger charge is -2.15. The Morgan fingerprint density at radius 3 is 2.54 bits per heavy atom. The molecule has 2 rings (SSSR count). The van der Waals surface area contributed by atoms with Gasteiger partial charge in [-0.2, -0.15) is 5.10 Å². The van der Waals surface area contributed by atoms with Crippen molar-refractivity contribution in [1.82, 2.24) is 20.4 Å². The molecule has 0 aliphatic heterocycles. The first-order valence-corrected chi connectivity index (χ1v) is 7.32. The van der Waals surface area contributed by atoms with Crippen LogP contribution in [0.15, 0.2) is 30.6 Å². The summed E-state index contributed by atoms with van der Waals surface area (Å²) in [5, 5.41) is 12.6. The van der Waals surface area contributed by atoms with Gasteiger partial charge >= 0.3 is 0 Å². The van der Waals surface area contributed by atoms with E-state index in [1.54, 1.807) is 43.3 Å². The highest BCUT2D eigenvalue weighted by atomic mass is 35.5. The van der Waals surface area contributed by atoms with E-state index in [4.69, 9.17) is 11.6 Å². The maximum absolute atomic E-state index is 12.4. The Balaban J connectivity index is 0.00000288. The maximum atomic E-state index is 12.4. The van der Waals surface area contributed by atoms with Crippen LogP contribution in [0.2, 0.25) is 5.02 Å². The van der Waals surface area contributed by atoms with E-state index in [-0.39, 0.29) is 24.2 Å². The van der Waals surface area contributed by atoms with Crippen LogP contribution in [0, 0.1) is 0 Å². The Bertz CT molecular complexity index is 732. The molecule has 2 aromatic rings. The van der Waals surface area contributed by atoms with Crippen LogP contribution in [0.5, 0.6) is 0 Å². The molecule has 0 bridgehead atoms. The molecular weight excluding hydrogens is 353 g/mol. The number of carbonyl (C=O) groups is 2. The summed E-state index contributed by atoms with van der Waals surface area (Å²) in [7, 11) is 4.99. The minimum Gasteiger partial charge on any atom is -0.355 e. The molecule has 0 spiro atoms. The Kier molecular flexibility index (Phi) is 7.21. The van der Waals surface area contributed by atoms with Crippen LogP contribution >= 0.6 is 24.0 Å². The summed E-state index contributed by atoms with van der Waals surface area (Å²) in [6, 6.07) is 4.19. The summed E-state index contributed by atoms with van der Waals surface area (Å²) in [6.45, 7) is 0. The number of aryl methyl sites for hydroxylation is 1. The summed E-state index contributed by atoms with van der Waals surface area (Å²) < 4.78 is 1.62. The molecule has 1 heterocycles. The van der Waals surface area contributed by atoms with Crippen molar-refractivity contribution >= 4 is 41.5 Å². The van der Waals surface area contributed by atoms with Crippen LogP contribution in [0.1, 0.15) is 22.0 Å². The molecule has 0 radical (unpaired) electrons. The SMILES string of the molecule is CNC(=O)c1cc(NC(=O)C(NC)c2cnn(C)c2)ccc1Cl.Cl. The Hall–Kier alpha value is -2.09. The molecule has 1 unspecified atom stereocenters. The zero-order valence-corrected chi connectivity index (χ0v) is 15.0. The van der Waals surface area contributed by atoms with Gasteiger partial charge in [-0.3, -0.25) is 14.3 Å². The highest BCUT2D eigenvalue weighted by molar-refractivity contribution is 6.34. The minimum absolute atomic E-state index is 0. The van der Waals surface area contributed by atoms with Crippen molar-refractivity contribution in [2.24, 2.45) is 7.05 Å². The molecule has 9 heteroatoms. The van der Waals surface area contributed by atoms with Gasteiger partial charge < -0.3 is 16.0 Å². The fraction of sp³-hybridized carbons (Fsp3) is 0.267. The van der Waals surface area contributed by atoms with Gasteiger partial charge in [-0.05, 0) is 25.2 Å². The number of benzene rings is 1. The van der Waals surface area contributed by atoms with Crippen LogP contribution in [-0.2, 0) is 11.8 Å². The number of likely N-dealkylation sites (N-methyl/N-ethyl adjacent to an activating group) is 1. The van der Waals surface area contributed by atoms with E-state index in [0.717, 1.165) is 5.56 Å². The molecule has 24 heavy (non-hydrogen) atoms. The Labute approximate surface area is 151 Å². The van der Waals surface area contributed by atoms with Gasteiger partial charge in [0.2, 0.25) is 5.91 Å². The molecule has 3 N–H and O–H groups in total. The lowest BCUT2D eigenvalue weighted by molar-refractivity contribution is -0.118. The fourth-order valence-electron chi connectivity index (χ4n) is 2.16. The van der Waals surface area contributed by atoms with Crippen molar-refractivity contribution in [3.8, 4) is 0 Å². The maximum Gasteiger partial charge on any atom is 0.252 e. The molecule has 0 saturated carbocycles. The second-order valence-corrected chi connectivity index (χ2v) is 5.34. The third-order valence-electron chi connectivity index (χ3n) is 3.31. The highest BCUT2D eigenvalue weighted by Gasteiger charge is 2.21. The third-order valence-corrected chi connectivity index (χ3v) is 3.64. The topological polar surface area (TPSA) is 88.1 Å². The number of aromatic nitrogens is 2.